The molecule has 9 aromatic carbocycles. The van der Waals surface area contributed by atoms with Crippen LogP contribution < -0.4 is 0 Å². The molecule has 0 fully saturated rings. The average Bonchev–Trinajstić information content (AvgIpc) is 3.59. The smallest absolute Gasteiger partial charge is 0.124 e. The molecule has 0 atom stereocenters. The first-order valence-corrected chi connectivity index (χ1v) is 18.3. The van der Waals surface area contributed by atoms with Crippen LogP contribution in [-0.4, -0.2) is 4.98 Å². The number of hydrogen-bond donors (Lipinski definition) is 0. The summed E-state index contributed by atoms with van der Waals surface area (Å²) in [5, 5.41) is 8.68. The Bertz CT molecular complexity index is 2910. The summed E-state index contributed by atoms with van der Waals surface area (Å²) in [6.45, 7) is 0. The lowest BCUT2D eigenvalue weighted by Crippen LogP contribution is -1.93. The van der Waals surface area contributed by atoms with E-state index in [0.717, 1.165) is 16.1 Å². The number of fused-ring (bicyclic) bond motifs is 8. The van der Waals surface area contributed by atoms with Gasteiger partial charge in [-0.25, -0.2) is 4.98 Å². The molecule has 0 unspecified atom stereocenters. The maximum Gasteiger partial charge on any atom is 0.124 e. The third-order valence-electron chi connectivity index (χ3n) is 10.7. The van der Waals surface area contributed by atoms with Crippen LogP contribution in [0.5, 0.6) is 0 Å². The van der Waals surface area contributed by atoms with Crippen molar-refractivity contribution in [2.45, 2.75) is 0 Å². The Labute approximate surface area is 299 Å². The molecule has 0 saturated carbocycles. The second kappa shape index (κ2) is 11.1. The summed E-state index contributed by atoms with van der Waals surface area (Å²) in [6.07, 6.45) is 0. The zero-order valence-corrected chi connectivity index (χ0v) is 28.4. The summed E-state index contributed by atoms with van der Waals surface area (Å²) in [4.78, 5) is 5.00. The quantitative estimate of drug-likeness (QED) is 0.171. The third kappa shape index (κ3) is 4.24. The van der Waals surface area contributed by atoms with Gasteiger partial charge in [0.15, 0.2) is 0 Å². The van der Waals surface area contributed by atoms with Crippen molar-refractivity contribution in [2.24, 2.45) is 0 Å². The minimum absolute atomic E-state index is 1.04. The standard InChI is InChI=1S/C49H29NS/c1-2-13-30(14-3-1)49-50-44-28-25-31(29-45(44)51-49)46-37-19-8-10-21-39(37)48(40-22-11-9-20-38(40)46)43-27-26-42-35-18-7-5-16-33(35)32-15-4-6-17-34(32)36-23-12-24-41(43)47(36)42/h1-29H. The summed E-state index contributed by atoms with van der Waals surface area (Å²) < 4.78 is 1.20. The molecule has 51 heavy (non-hydrogen) atoms. The van der Waals surface area contributed by atoms with Crippen LogP contribution in [0.2, 0.25) is 0 Å². The fraction of sp³-hybridized carbons (Fsp3) is 0. The molecule has 1 nitrogen and oxygen atoms in total. The average molecular weight is 664 g/mol. The van der Waals surface area contributed by atoms with Gasteiger partial charge in [-0.3, -0.25) is 0 Å². The lowest BCUT2D eigenvalue weighted by atomic mass is 9.83. The van der Waals surface area contributed by atoms with Gasteiger partial charge in [0.1, 0.15) is 5.01 Å². The van der Waals surface area contributed by atoms with E-state index in [2.05, 4.69) is 176 Å². The molecule has 0 spiro atoms. The molecule has 2 heteroatoms. The minimum atomic E-state index is 1.04. The van der Waals surface area contributed by atoms with E-state index in [-0.39, 0.29) is 0 Å². The highest BCUT2D eigenvalue weighted by Gasteiger charge is 2.24. The van der Waals surface area contributed by atoms with Crippen LogP contribution in [0.15, 0.2) is 176 Å². The lowest BCUT2D eigenvalue weighted by Gasteiger charge is -2.20. The topological polar surface area (TPSA) is 12.9 Å². The first-order valence-electron chi connectivity index (χ1n) is 17.5. The second-order valence-electron chi connectivity index (χ2n) is 13.4. The number of thiazole rings is 1. The van der Waals surface area contributed by atoms with E-state index in [0.29, 0.717) is 0 Å². The van der Waals surface area contributed by atoms with Gasteiger partial charge in [-0.2, -0.15) is 0 Å². The summed E-state index contributed by atoms with van der Waals surface area (Å²) in [5.74, 6) is 0. The fourth-order valence-electron chi connectivity index (χ4n) is 8.49. The van der Waals surface area contributed by atoms with Crippen LogP contribution in [0.1, 0.15) is 0 Å². The SMILES string of the molecule is c1ccc(-c2nc3ccc(-c4c5ccccc5c(-c5ccc6c7c(cccc57)-c5ccccc5-c5ccccc5-6)c5ccccc45)cc3s2)cc1. The van der Waals surface area contributed by atoms with Crippen LogP contribution in [0.3, 0.4) is 0 Å². The largest absolute Gasteiger partial charge is 0.236 e. The Morgan fingerprint density at radius 1 is 0.333 bits per heavy atom. The maximum atomic E-state index is 5.00. The van der Waals surface area contributed by atoms with Crippen molar-refractivity contribution in [2.75, 3.05) is 0 Å². The van der Waals surface area contributed by atoms with Gasteiger partial charge in [-0.1, -0.05) is 164 Å². The highest BCUT2D eigenvalue weighted by Crippen LogP contribution is 2.51. The Morgan fingerprint density at radius 3 is 1.47 bits per heavy atom. The van der Waals surface area contributed by atoms with E-state index in [9.17, 15) is 0 Å². The predicted molar refractivity (Wildman–Crippen MR) is 218 cm³/mol. The first-order chi connectivity index (χ1) is 25.3. The monoisotopic (exact) mass is 663 g/mol. The zero-order valence-electron chi connectivity index (χ0n) is 27.6. The van der Waals surface area contributed by atoms with Gasteiger partial charge in [-0.15, -0.1) is 11.3 Å². The molecule has 0 aliphatic heterocycles. The summed E-state index contributed by atoms with van der Waals surface area (Å²) >= 11 is 1.76. The van der Waals surface area contributed by atoms with Gasteiger partial charge in [-0.05, 0) is 100 Å². The van der Waals surface area contributed by atoms with E-state index in [1.807, 2.05) is 0 Å². The van der Waals surface area contributed by atoms with Crippen LogP contribution in [-0.2, 0) is 0 Å². The number of benzene rings is 9. The highest BCUT2D eigenvalue weighted by atomic mass is 32.1. The molecular formula is C49H29NS. The Balaban J connectivity index is 1.20. The highest BCUT2D eigenvalue weighted by molar-refractivity contribution is 7.21. The van der Waals surface area contributed by atoms with E-state index < -0.39 is 0 Å². The van der Waals surface area contributed by atoms with Crippen LogP contribution in [0, 0.1) is 0 Å². The molecule has 1 heterocycles. The summed E-state index contributed by atoms with van der Waals surface area (Å²) in [7, 11) is 0. The van der Waals surface area contributed by atoms with Gasteiger partial charge >= 0.3 is 0 Å². The Morgan fingerprint density at radius 2 is 0.824 bits per heavy atom. The molecule has 236 valence electrons. The molecule has 1 aromatic heterocycles. The summed E-state index contributed by atoms with van der Waals surface area (Å²) in [5.41, 5.74) is 14.9. The van der Waals surface area contributed by atoms with Crippen LogP contribution in [0.25, 0.3) is 109 Å². The number of aromatic nitrogens is 1. The molecular weight excluding hydrogens is 635 g/mol. The molecule has 0 N–H and O–H groups in total. The molecule has 0 amide bonds. The van der Waals surface area contributed by atoms with Gasteiger partial charge < -0.3 is 0 Å². The fourth-order valence-corrected chi connectivity index (χ4v) is 9.50. The minimum Gasteiger partial charge on any atom is -0.236 e. The summed E-state index contributed by atoms with van der Waals surface area (Å²) in [6, 6.07) is 64.6. The van der Waals surface area contributed by atoms with Crippen molar-refractivity contribution in [3.05, 3.63) is 176 Å². The molecule has 11 rings (SSSR count). The molecule has 1 aliphatic carbocycles. The molecule has 10 aromatic rings. The number of nitrogens with zero attached hydrogens (tertiary/aromatic N) is 1. The normalized spacial score (nSPS) is 11.9. The van der Waals surface area contributed by atoms with Crippen molar-refractivity contribution >= 4 is 53.9 Å². The molecule has 1 aliphatic rings. The Kier molecular flexibility index (Phi) is 6.19. The van der Waals surface area contributed by atoms with E-state index >= 15 is 0 Å². The van der Waals surface area contributed by atoms with E-state index in [4.69, 9.17) is 4.98 Å². The predicted octanol–water partition coefficient (Wildman–Crippen LogP) is 14.1. The van der Waals surface area contributed by atoms with Gasteiger partial charge in [0.25, 0.3) is 0 Å². The molecule has 0 saturated heterocycles. The second-order valence-corrected chi connectivity index (χ2v) is 14.4. The van der Waals surface area contributed by atoms with Gasteiger partial charge in [0.2, 0.25) is 0 Å². The van der Waals surface area contributed by atoms with Gasteiger partial charge in [0, 0.05) is 5.56 Å². The van der Waals surface area contributed by atoms with Crippen molar-refractivity contribution in [3.63, 3.8) is 0 Å². The maximum absolute atomic E-state index is 5.00. The van der Waals surface area contributed by atoms with Crippen LogP contribution in [0.4, 0.5) is 0 Å². The van der Waals surface area contributed by atoms with Crippen molar-refractivity contribution in [1.29, 1.82) is 0 Å². The van der Waals surface area contributed by atoms with Crippen molar-refractivity contribution in [1.82, 2.24) is 4.98 Å². The lowest BCUT2D eigenvalue weighted by molar-refractivity contribution is 1.48. The Hall–Kier alpha value is -6.35. The first kappa shape index (κ1) is 28.5. The van der Waals surface area contributed by atoms with Gasteiger partial charge in [0.05, 0.1) is 10.2 Å². The van der Waals surface area contributed by atoms with Crippen LogP contribution >= 0.6 is 11.3 Å². The van der Waals surface area contributed by atoms with Crippen molar-refractivity contribution < 1.29 is 0 Å². The van der Waals surface area contributed by atoms with E-state index in [1.165, 1.54) is 92.7 Å². The number of hydrogen-bond acceptors (Lipinski definition) is 2. The number of rotatable bonds is 3. The van der Waals surface area contributed by atoms with Crippen molar-refractivity contribution in [3.8, 4) is 66.2 Å². The third-order valence-corrected chi connectivity index (χ3v) is 11.7. The zero-order chi connectivity index (χ0) is 33.5. The van der Waals surface area contributed by atoms with E-state index in [1.54, 1.807) is 11.3 Å². The molecule has 0 radical (unpaired) electrons. The molecule has 0 bridgehead atoms.